The number of nitro benzene ring substituents is 1. The topological polar surface area (TPSA) is 109 Å². The van der Waals surface area contributed by atoms with Crippen molar-refractivity contribution < 1.29 is 14.8 Å². The van der Waals surface area contributed by atoms with Crippen LogP contribution < -0.4 is 5.43 Å². The van der Waals surface area contributed by atoms with Crippen molar-refractivity contribution in [1.82, 2.24) is 15.4 Å². The highest BCUT2D eigenvalue weighted by atomic mass is 16.6. The fraction of sp³-hybridized carbons (Fsp3) is 0.176. The maximum Gasteiger partial charge on any atom is 0.269 e. The lowest BCUT2D eigenvalue weighted by atomic mass is 10.0. The van der Waals surface area contributed by atoms with E-state index in [1.54, 1.807) is 18.3 Å². The molecule has 8 nitrogen and oxygen atoms in total. The molecule has 1 atom stereocenters. The van der Waals surface area contributed by atoms with Crippen LogP contribution in [0.25, 0.3) is 0 Å². The van der Waals surface area contributed by atoms with Crippen molar-refractivity contribution in [3.8, 4) is 0 Å². The number of carbonyl (C=O) groups is 1. The SMILES string of the molecule is C=C1CC(O)(c2cccnc2)N(C(=O)Cc2ccc([N+](=O)[O-])cc2)N1. The lowest BCUT2D eigenvalue weighted by molar-refractivity contribution is -0.384. The summed E-state index contributed by atoms with van der Waals surface area (Å²) in [5.41, 5.74) is 2.74. The molecular weight excluding hydrogens is 324 g/mol. The molecule has 2 heterocycles. The summed E-state index contributed by atoms with van der Waals surface area (Å²) in [5, 5.41) is 22.8. The predicted octanol–water partition coefficient (Wildman–Crippen LogP) is 1.63. The lowest BCUT2D eigenvalue weighted by Crippen LogP contribution is -2.50. The van der Waals surface area contributed by atoms with Gasteiger partial charge >= 0.3 is 0 Å². The predicted molar refractivity (Wildman–Crippen MR) is 88.7 cm³/mol. The highest BCUT2D eigenvalue weighted by Crippen LogP contribution is 2.35. The Kier molecular flexibility index (Phi) is 4.20. The molecule has 2 aromatic rings. The van der Waals surface area contributed by atoms with Gasteiger partial charge in [-0.25, -0.2) is 5.01 Å². The molecule has 1 unspecified atom stereocenters. The van der Waals surface area contributed by atoms with Crippen molar-refractivity contribution in [1.29, 1.82) is 0 Å². The van der Waals surface area contributed by atoms with Crippen molar-refractivity contribution in [3.63, 3.8) is 0 Å². The summed E-state index contributed by atoms with van der Waals surface area (Å²) >= 11 is 0. The van der Waals surface area contributed by atoms with Gasteiger partial charge in [0.15, 0.2) is 5.72 Å². The summed E-state index contributed by atoms with van der Waals surface area (Å²) in [6.45, 7) is 3.79. The maximum atomic E-state index is 12.7. The van der Waals surface area contributed by atoms with E-state index in [-0.39, 0.29) is 24.4 Å². The van der Waals surface area contributed by atoms with Gasteiger partial charge in [0.05, 0.1) is 11.3 Å². The number of nitrogens with one attached hydrogen (secondary N) is 1. The molecule has 1 saturated heterocycles. The number of hydrogen-bond acceptors (Lipinski definition) is 6. The highest BCUT2D eigenvalue weighted by Gasteiger charge is 2.45. The van der Waals surface area contributed by atoms with Crippen LogP contribution in [0, 0.1) is 10.1 Å². The second-order valence-electron chi connectivity index (χ2n) is 5.78. The van der Waals surface area contributed by atoms with Gasteiger partial charge in [0, 0.05) is 42.2 Å². The van der Waals surface area contributed by atoms with Gasteiger partial charge in [-0.3, -0.25) is 25.3 Å². The number of rotatable bonds is 4. The van der Waals surface area contributed by atoms with Crippen molar-refractivity contribution in [2.24, 2.45) is 0 Å². The third kappa shape index (κ3) is 3.20. The zero-order valence-electron chi connectivity index (χ0n) is 13.3. The van der Waals surface area contributed by atoms with Crippen molar-refractivity contribution >= 4 is 11.6 Å². The molecule has 1 amide bonds. The number of amides is 1. The van der Waals surface area contributed by atoms with E-state index in [0.29, 0.717) is 16.8 Å². The third-order valence-electron chi connectivity index (χ3n) is 3.98. The first-order valence-electron chi connectivity index (χ1n) is 7.54. The van der Waals surface area contributed by atoms with Crippen LogP contribution in [0.2, 0.25) is 0 Å². The van der Waals surface area contributed by atoms with Crippen LogP contribution in [0.3, 0.4) is 0 Å². The molecule has 1 aromatic heterocycles. The van der Waals surface area contributed by atoms with E-state index >= 15 is 0 Å². The second kappa shape index (κ2) is 6.33. The largest absolute Gasteiger partial charge is 0.365 e. The van der Waals surface area contributed by atoms with Gasteiger partial charge in [0.25, 0.3) is 5.69 Å². The van der Waals surface area contributed by atoms with Gasteiger partial charge in [-0.2, -0.15) is 0 Å². The Hall–Kier alpha value is -3.26. The molecule has 0 saturated carbocycles. The molecule has 3 rings (SSSR count). The number of hydrogen-bond donors (Lipinski definition) is 2. The minimum atomic E-state index is -1.58. The van der Waals surface area contributed by atoms with Gasteiger partial charge in [-0.05, 0) is 11.6 Å². The first-order valence-corrected chi connectivity index (χ1v) is 7.54. The number of nitrogens with zero attached hydrogens (tertiary/aromatic N) is 3. The van der Waals surface area contributed by atoms with Gasteiger partial charge in [0.1, 0.15) is 0 Å². The molecule has 1 aliphatic rings. The number of nitro groups is 1. The van der Waals surface area contributed by atoms with Crippen molar-refractivity contribution in [2.75, 3.05) is 0 Å². The summed E-state index contributed by atoms with van der Waals surface area (Å²) < 4.78 is 0. The summed E-state index contributed by atoms with van der Waals surface area (Å²) in [6.07, 6.45) is 3.19. The Morgan fingerprint density at radius 3 is 2.72 bits per heavy atom. The van der Waals surface area contributed by atoms with Gasteiger partial charge in [-0.15, -0.1) is 0 Å². The Morgan fingerprint density at radius 1 is 1.40 bits per heavy atom. The molecule has 0 spiro atoms. The number of hydrazine groups is 1. The first-order chi connectivity index (χ1) is 11.9. The van der Waals surface area contributed by atoms with E-state index in [9.17, 15) is 20.0 Å². The van der Waals surface area contributed by atoms with Crippen LogP contribution in [0.15, 0.2) is 61.1 Å². The fourth-order valence-corrected chi connectivity index (χ4v) is 2.76. The lowest BCUT2D eigenvalue weighted by Gasteiger charge is -2.32. The molecule has 8 heteroatoms. The van der Waals surface area contributed by atoms with Gasteiger partial charge in [0.2, 0.25) is 5.91 Å². The van der Waals surface area contributed by atoms with E-state index in [1.807, 2.05) is 0 Å². The van der Waals surface area contributed by atoms with Crippen LogP contribution >= 0.6 is 0 Å². The number of aliphatic hydroxyl groups is 1. The average molecular weight is 340 g/mol. The molecule has 2 N–H and O–H groups in total. The minimum Gasteiger partial charge on any atom is -0.365 e. The number of pyridine rings is 1. The quantitative estimate of drug-likeness (QED) is 0.647. The second-order valence-corrected chi connectivity index (χ2v) is 5.78. The van der Waals surface area contributed by atoms with E-state index in [2.05, 4.69) is 17.0 Å². The van der Waals surface area contributed by atoms with Crippen molar-refractivity contribution in [2.45, 2.75) is 18.6 Å². The van der Waals surface area contributed by atoms with Gasteiger partial charge in [-0.1, -0.05) is 24.8 Å². The Balaban J connectivity index is 1.82. The van der Waals surface area contributed by atoms with E-state index in [4.69, 9.17) is 0 Å². The van der Waals surface area contributed by atoms with Crippen molar-refractivity contribution in [3.05, 3.63) is 82.3 Å². The fourth-order valence-electron chi connectivity index (χ4n) is 2.76. The zero-order valence-corrected chi connectivity index (χ0v) is 13.3. The molecule has 25 heavy (non-hydrogen) atoms. The summed E-state index contributed by atoms with van der Waals surface area (Å²) in [7, 11) is 0. The van der Waals surface area contributed by atoms with E-state index < -0.39 is 10.6 Å². The Bertz CT molecular complexity index is 822. The summed E-state index contributed by atoms with van der Waals surface area (Å²) in [6, 6.07) is 9.07. The molecule has 0 aliphatic carbocycles. The van der Waals surface area contributed by atoms with E-state index in [0.717, 1.165) is 5.01 Å². The standard InChI is InChI=1S/C17H16N4O4/c1-12-10-17(23,14-3-2-8-18-11-14)20(19-12)16(22)9-13-4-6-15(7-5-13)21(24)25/h2-8,11,19,23H,1,9-10H2. The normalized spacial score (nSPS) is 19.6. The number of carbonyl (C=O) groups excluding carboxylic acids is 1. The monoisotopic (exact) mass is 340 g/mol. The zero-order chi connectivity index (χ0) is 18.0. The van der Waals surface area contributed by atoms with Crippen LogP contribution in [0.1, 0.15) is 17.5 Å². The van der Waals surface area contributed by atoms with Crippen LogP contribution in [0.4, 0.5) is 5.69 Å². The third-order valence-corrected chi connectivity index (χ3v) is 3.98. The molecule has 0 bridgehead atoms. The first kappa shape index (κ1) is 16.6. The van der Waals surface area contributed by atoms with Crippen LogP contribution in [-0.4, -0.2) is 25.9 Å². The number of benzene rings is 1. The molecule has 1 fully saturated rings. The van der Waals surface area contributed by atoms with Crippen LogP contribution in [0.5, 0.6) is 0 Å². The summed E-state index contributed by atoms with van der Waals surface area (Å²) in [5.74, 6) is -0.390. The Morgan fingerprint density at radius 2 is 2.12 bits per heavy atom. The molecule has 1 aliphatic heterocycles. The smallest absolute Gasteiger partial charge is 0.269 e. The molecular formula is C17H16N4O4. The highest BCUT2D eigenvalue weighted by molar-refractivity contribution is 5.80. The summed E-state index contributed by atoms with van der Waals surface area (Å²) in [4.78, 5) is 26.9. The number of aromatic nitrogens is 1. The maximum absolute atomic E-state index is 12.7. The average Bonchev–Trinajstić information content (AvgIpc) is 2.92. The number of non-ortho nitro benzene ring substituents is 1. The molecule has 1 aromatic carbocycles. The van der Waals surface area contributed by atoms with Gasteiger partial charge < -0.3 is 5.11 Å². The minimum absolute atomic E-state index is 0.0269. The van der Waals surface area contributed by atoms with E-state index in [1.165, 1.54) is 30.5 Å². The van der Waals surface area contributed by atoms with Crippen LogP contribution in [-0.2, 0) is 16.9 Å². The molecule has 128 valence electrons. The Labute approximate surface area is 143 Å². The molecule has 0 radical (unpaired) electrons.